The van der Waals surface area contributed by atoms with Crippen LogP contribution in [0.3, 0.4) is 0 Å². The summed E-state index contributed by atoms with van der Waals surface area (Å²) < 4.78 is 43.8. The molecular weight excluding hydrogens is 455 g/mol. The van der Waals surface area contributed by atoms with Gasteiger partial charge in [0.2, 0.25) is 5.76 Å². The molecule has 2 aromatic carbocycles. The average molecular weight is 468 g/mol. The summed E-state index contributed by atoms with van der Waals surface area (Å²) in [6, 6.07) is 12.6. The van der Waals surface area contributed by atoms with Crippen LogP contribution in [0.25, 0.3) is 0 Å². The number of hydrogen-bond donors (Lipinski definition) is 2. The smallest absolute Gasteiger partial charge is 0.449 e. The molecule has 29 heavy (non-hydrogen) atoms. The van der Waals surface area contributed by atoms with Crippen LogP contribution >= 0.6 is 15.9 Å². The fourth-order valence-electron chi connectivity index (χ4n) is 3.43. The van der Waals surface area contributed by atoms with Gasteiger partial charge in [-0.05, 0) is 30.3 Å². The number of carbonyl (C=O) groups excluding carboxylic acids is 1. The third-order valence-corrected chi connectivity index (χ3v) is 5.24. The Morgan fingerprint density at radius 1 is 1.07 bits per heavy atom. The second-order valence-corrected chi connectivity index (χ2v) is 7.46. The average Bonchev–Trinajstić information content (AvgIpc) is 3.21. The van der Waals surface area contributed by atoms with E-state index in [2.05, 4.69) is 15.9 Å². The van der Waals surface area contributed by atoms with Gasteiger partial charge in [0.05, 0.1) is 12.2 Å². The zero-order valence-corrected chi connectivity index (χ0v) is 16.2. The second kappa shape index (κ2) is 6.64. The van der Waals surface area contributed by atoms with Crippen LogP contribution in [0.4, 0.5) is 18.9 Å². The number of fused-ring (bicyclic) bond motifs is 1. The Morgan fingerprint density at radius 3 is 2.45 bits per heavy atom. The molecule has 4 rings (SSSR count). The van der Waals surface area contributed by atoms with Crippen LogP contribution in [0.2, 0.25) is 0 Å². The van der Waals surface area contributed by atoms with Crippen LogP contribution in [0.1, 0.15) is 22.6 Å². The third-order valence-electron chi connectivity index (χ3n) is 4.74. The van der Waals surface area contributed by atoms with Crippen LogP contribution in [-0.2, 0) is 23.1 Å². The molecule has 0 bridgehead atoms. The third kappa shape index (κ3) is 3.10. The quantitative estimate of drug-likeness (QED) is 0.592. The predicted molar refractivity (Wildman–Crippen MR) is 100 cm³/mol. The number of alkyl halides is 3. The lowest BCUT2D eigenvalue weighted by atomic mass is 9.87. The molecule has 2 N–H and O–H groups in total. The first-order valence-corrected chi connectivity index (χ1v) is 9.20. The van der Waals surface area contributed by atoms with Crippen molar-refractivity contribution in [1.82, 2.24) is 0 Å². The molecule has 0 aliphatic carbocycles. The summed E-state index contributed by atoms with van der Waals surface area (Å²) in [5.41, 5.74) is -1.70. The summed E-state index contributed by atoms with van der Waals surface area (Å²) in [5.74, 6) is -2.37. The second-order valence-electron chi connectivity index (χ2n) is 6.54. The number of rotatable bonds is 3. The largest absolute Gasteiger partial charge is 0.507 e. The Bertz CT molecular complexity index is 1110. The van der Waals surface area contributed by atoms with E-state index in [4.69, 9.17) is 4.42 Å². The number of hydrogen-bond acceptors (Lipinski definition) is 4. The molecule has 1 aliphatic heterocycles. The normalized spacial score (nSPS) is 18.9. The number of phenolic OH excluding ortho intramolecular Hbond substituents is 1. The summed E-state index contributed by atoms with van der Waals surface area (Å²) >= 11 is 3.20. The molecule has 150 valence electrons. The van der Waals surface area contributed by atoms with Gasteiger partial charge >= 0.3 is 6.18 Å². The number of nitrogens with zero attached hydrogens (tertiary/aromatic N) is 1. The maximum absolute atomic E-state index is 13.2. The van der Waals surface area contributed by atoms with Gasteiger partial charge in [-0.2, -0.15) is 13.2 Å². The van der Waals surface area contributed by atoms with Crippen molar-refractivity contribution < 1.29 is 32.6 Å². The number of phenols is 1. The molecule has 2 heterocycles. The number of carbonyl (C=O) groups is 1. The van der Waals surface area contributed by atoms with Gasteiger partial charge in [-0.1, -0.05) is 40.2 Å². The van der Waals surface area contributed by atoms with E-state index in [0.717, 1.165) is 17.0 Å². The Balaban J connectivity index is 1.78. The van der Waals surface area contributed by atoms with Crippen LogP contribution in [0, 0.1) is 0 Å². The highest BCUT2D eigenvalue weighted by atomic mass is 79.9. The minimum absolute atomic E-state index is 0.0314. The summed E-state index contributed by atoms with van der Waals surface area (Å²) in [7, 11) is 0. The zero-order chi connectivity index (χ0) is 21.0. The molecule has 3 aromatic rings. The lowest BCUT2D eigenvalue weighted by molar-refractivity contribution is -0.153. The van der Waals surface area contributed by atoms with Gasteiger partial charge in [-0.25, -0.2) is 0 Å². The Morgan fingerprint density at radius 2 is 1.79 bits per heavy atom. The first kappa shape index (κ1) is 19.5. The maximum atomic E-state index is 13.2. The van der Waals surface area contributed by atoms with Gasteiger partial charge in [0.25, 0.3) is 5.91 Å². The summed E-state index contributed by atoms with van der Waals surface area (Å²) in [4.78, 5) is 14.4. The first-order valence-electron chi connectivity index (χ1n) is 8.41. The number of benzene rings is 2. The minimum Gasteiger partial charge on any atom is -0.507 e. The van der Waals surface area contributed by atoms with Crippen LogP contribution in [-0.4, -0.2) is 16.1 Å². The van der Waals surface area contributed by atoms with Gasteiger partial charge in [-0.3, -0.25) is 4.79 Å². The van der Waals surface area contributed by atoms with Gasteiger partial charge in [-0.15, -0.1) is 0 Å². The van der Waals surface area contributed by atoms with Crippen LogP contribution in [0.5, 0.6) is 5.75 Å². The van der Waals surface area contributed by atoms with E-state index in [0.29, 0.717) is 10.2 Å². The van der Waals surface area contributed by atoms with E-state index in [9.17, 15) is 28.2 Å². The van der Waals surface area contributed by atoms with Crippen molar-refractivity contribution in [3.8, 4) is 5.75 Å². The molecular formula is C20H13BrF3NO4. The predicted octanol–water partition coefficient (Wildman–Crippen LogP) is 4.55. The fourth-order valence-corrected chi connectivity index (χ4v) is 3.78. The van der Waals surface area contributed by atoms with Crippen molar-refractivity contribution in [3.05, 3.63) is 81.7 Å². The van der Waals surface area contributed by atoms with Crippen molar-refractivity contribution in [2.75, 3.05) is 4.90 Å². The Kier molecular flexibility index (Phi) is 4.47. The number of aliphatic hydroxyl groups is 1. The Hall–Kier alpha value is -2.78. The summed E-state index contributed by atoms with van der Waals surface area (Å²) in [6.45, 7) is -0.314. The maximum Gasteiger partial charge on any atom is 0.449 e. The summed E-state index contributed by atoms with van der Waals surface area (Å²) in [6.07, 6.45) is -4.64. The van der Waals surface area contributed by atoms with Gasteiger partial charge in [0.1, 0.15) is 11.5 Å². The van der Waals surface area contributed by atoms with Gasteiger partial charge in [0.15, 0.2) is 5.60 Å². The number of anilines is 1. The molecule has 1 amide bonds. The van der Waals surface area contributed by atoms with E-state index in [1.54, 1.807) is 24.3 Å². The van der Waals surface area contributed by atoms with Crippen molar-refractivity contribution in [1.29, 1.82) is 0 Å². The van der Waals surface area contributed by atoms with E-state index in [1.165, 1.54) is 18.2 Å². The molecule has 0 saturated heterocycles. The van der Waals surface area contributed by atoms with E-state index in [-0.39, 0.29) is 29.2 Å². The minimum atomic E-state index is -4.64. The number of amides is 1. The highest BCUT2D eigenvalue weighted by Crippen LogP contribution is 2.47. The highest BCUT2D eigenvalue weighted by molar-refractivity contribution is 9.10. The first-order chi connectivity index (χ1) is 13.6. The molecule has 0 saturated carbocycles. The molecule has 1 aliphatic rings. The van der Waals surface area contributed by atoms with Crippen molar-refractivity contribution >= 4 is 27.5 Å². The van der Waals surface area contributed by atoms with Crippen molar-refractivity contribution in [3.63, 3.8) is 0 Å². The monoisotopic (exact) mass is 467 g/mol. The van der Waals surface area contributed by atoms with Crippen molar-refractivity contribution in [2.24, 2.45) is 0 Å². The number of furan rings is 1. The number of aromatic hydroxyl groups is 1. The lowest BCUT2D eigenvalue weighted by Gasteiger charge is -2.24. The zero-order valence-electron chi connectivity index (χ0n) is 14.6. The lowest BCUT2D eigenvalue weighted by Crippen LogP contribution is -2.40. The molecule has 5 nitrogen and oxygen atoms in total. The number of halogens is 4. The molecule has 9 heteroatoms. The molecule has 1 aromatic heterocycles. The standard InChI is InChI=1S/C20H13BrF3NO4/c21-11-5-7-14(16(26)9-11)19(28)13-3-1-2-4-15(13)25(18(19)27)10-12-6-8-17(29-12)20(22,23)24/h1-9,26,28H,10H2. The topological polar surface area (TPSA) is 73.9 Å². The summed E-state index contributed by atoms with van der Waals surface area (Å²) in [5, 5.41) is 21.7. The van der Waals surface area contributed by atoms with Gasteiger partial charge in [0, 0.05) is 15.6 Å². The van der Waals surface area contributed by atoms with E-state index < -0.39 is 23.4 Å². The van der Waals surface area contributed by atoms with E-state index in [1.807, 2.05) is 0 Å². The van der Waals surface area contributed by atoms with Crippen molar-refractivity contribution in [2.45, 2.75) is 18.3 Å². The Labute approximate surface area is 171 Å². The molecule has 0 spiro atoms. The van der Waals surface area contributed by atoms with E-state index >= 15 is 0 Å². The molecule has 0 fully saturated rings. The van der Waals surface area contributed by atoms with Crippen LogP contribution < -0.4 is 4.90 Å². The van der Waals surface area contributed by atoms with Gasteiger partial charge < -0.3 is 19.5 Å². The number of para-hydroxylation sites is 1. The molecule has 1 atom stereocenters. The molecule has 0 radical (unpaired) electrons. The SMILES string of the molecule is O=C1N(Cc2ccc(C(F)(F)F)o2)c2ccccc2C1(O)c1ccc(Br)cc1O. The van der Waals surface area contributed by atoms with Crippen LogP contribution in [0.15, 0.2) is 63.5 Å². The molecule has 1 unspecified atom stereocenters. The fraction of sp³-hybridized carbons (Fsp3) is 0.150. The highest BCUT2D eigenvalue weighted by Gasteiger charge is 2.52.